The normalized spacial score (nSPS) is 10.2. The molecular weight excluding hydrogens is 328 g/mol. The maximum Gasteiger partial charge on any atom is 0.248 e. The molecular formula is C14H12BrClN2O. The lowest BCUT2D eigenvalue weighted by molar-refractivity contribution is 0.1000. The number of rotatable bonds is 4. The molecule has 1 amide bonds. The molecule has 2 aromatic rings. The number of benzene rings is 2. The maximum atomic E-state index is 11.1. The van der Waals surface area contributed by atoms with Gasteiger partial charge in [-0.25, -0.2) is 0 Å². The molecule has 0 atom stereocenters. The molecule has 0 aliphatic carbocycles. The number of nitrogens with one attached hydrogen (secondary N) is 1. The van der Waals surface area contributed by atoms with Crippen LogP contribution in [0.2, 0.25) is 5.02 Å². The number of hydrogen-bond donors (Lipinski definition) is 2. The Morgan fingerprint density at radius 3 is 2.74 bits per heavy atom. The van der Waals surface area contributed by atoms with Gasteiger partial charge in [-0.3, -0.25) is 4.79 Å². The third kappa shape index (κ3) is 3.72. The molecule has 2 rings (SSSR count). The van der Waals surface area contributed by atoms with Crippen molar-refractivity contribution >= 4 is 39.1 Å². The summed E-state index contributed by atoms with van der Waals surface area (Å²) in [4.78, 5) is 11.1. The number of primary amides is 1. The number of halogens is 2. The topological polar surface area (TPSA) is 55.1 Å². The van der Waals surface area contributed by atoms with Crippen molar-refractivity contribution in [3.05, 3.63) is 63.1 Å². The minimum atomic E-state index is -0.423. The van der Waals surface area contributed by atoms with E-state index in [4.69, 9.17) is 17.3 Å². The highest BCUT2D eigenvalue weighted by Gasteiger charge is 2.02. The first-order chi connectivity index (χ1) is 9.06. The van der Waals surface area contributed by atoms with E-state index in [9.17, 15) is 4.79 Å². The van der Waals surface area contributed by atoms with Gasteiger partial charge in [0, 0.05) is 22.3 Å². The highest BCUT2D eigenvalue weighted by atomic mass is 79.9. The van der Waals surface area contributed by atoms with Crippen LogP contribution < -0.4 is 11.1 Å². The van der Waals surface area contributed by atoms with Crippen LogP contribution >= 0.6 is 27.5 Å². The van der Waals surface area contributed by atoms with Gasteiger partial charge in [-0.15, -0.1) is 0 Å². The van der Waals surface area contributed by atoms with Crippen molar-refractivity contribution in [2.24, 2.45) is 5.73 Å². The standard InChI is InChI=1S/C14H12BrClN2O/c15-12-5-4-11(7-13(12)16)18-8-9-2-1-3-10(6-9)14(17)19/h1-7,18H,8H2,(H2,17,19). The van der Waals surface area contributed by atoms with Gasteiger partial charge < -0.3 is 11.1 Å². The van der Waals surface area contributed by atoms with Crippen LogP contribution in [0.1, 0.15) is 15.9 Å². The fraction of sp³-hybridized carbons (Fsp3) is 0.0714. The van der Waals surface area contributed by atoms with Crippen LogP contribution in [0.5, 0.6) is 0 Å². The van der Waals surface area contributed by atoms with E-state index in [1.54, 1.807) is 12.1 Å². The molecule has 19 heavy (non-hydrogen) atoms. The van der Waals surface area contributed by atoms with E-state index in [0.717, 1.165) is 15.7 Å². The lowest BCUT2D eigenvalue weighted by Crippen LogP contribution is -2.11. The average molecular weight is 340 g/mol. The van der Waals surface area contributed by atoms with Gasteiger partial charge in [0.2, 0.25) is 5.91 Å². The van der Waals surface area contributed by atoms with Crippen molar-refractivity contribution in [3.8, 4) is 0 Å². The molecule has 0 bridgehead atoms. The molecule has 0 saturated carbocycles. The fourth-order valence-electron chi connectivity index (χ4n) is 1.64. The van der Waals surface area contributed by atoms with Crippen molar-refractivity contribution < 1.29 is 4.79 Å². The van der Waals surface area contributed by atoms with Crippen molar-refractivity contribution in [2.75, 3.05) is 5.32 Å². The molecule has 0 aliphatic heterocycles. The van der Waals surface area contributed by atoms with E-state index < -0.39 is 5.91 Å². The zero-order valence-corrected chi connectivity index (χ0v) is 12.3. The molecule has 3 N–H and O–H groups in total. The quantitative estimate of drug-likeness (QED) is 0.890. The Bertz CT molecular complexity index is 616. The highest BCUT2D eigenvalue weighted by Crippen LogP contribution is 2.25. The van der Waals surface area contributed by atoms with E-state index in [1.807, 2.05) is 30.3 Å². The van der Waals surface area contributed by atoms with Gasteiger partial charge in [0.05, 0.1) is 5.02 Å². The SMILES string of the molecule is NC(=O)c1cccc(CNc2ccc(Br)c(Cl)c2)c1. The number of hydrogen-bond acceptors (Lipinski definition) is 2. The molecule has 0 heterocycles. The van der Waals surface area contributed by atoms with Crippen LogP contribution in [0.15, 0.2) is 46.9 Å². The van der Waals surface area contributed by atoms with Gasteiger partial charge in [0.25, 0.3) is 0 Å². The summed E-state index contributed by atoms with van der Waals surface area (Å²) in [7, 11) is 0. The van der Waals surface area contributed by atoms with E-state index in [1.165, 1.54) is 0 Å². The van der Waals surface area contributed by atoms with Crippen LogP contribution in [-0.4, -0.2) is 5.91 Å². The first-order valence-electron chi connectivity index (χ1n) is 5.64. The lowest BCUT2D eigenvalue weighted by atomic mass is 10.1. The maximum absolute atomic E-state index is 11.1. The molecule has 3 nitrogen and oxygen atoms in total. The smallest absolute Gasteiger partial charge is 0.248 e. The molecule has 5 heteroatoms. The molecule has 0 spiro atoms. The number of carbonyl (C=O) groups is 1. The van der Waals surface area contributed by atoms with Crippen molar-refractivity contribution in [1.82, 2.24) is 0 Å². The van der Waals surface area contributed by atoms with Crippen molar-refractivity contribution in [2.45, 2.75) is 6.54 Å². The van der Waals surface area contributed by atoms with Crippen molar-refractivity contribution in [3.63, 3.8) is 0 Å². The molecule has 2 aromatic carbocycles. The lowest BCUT2D eigenvalue weighted by Gasteiger charge is -2.08. The summed E-state index contributed by atoms with van der Waals surface area (Å²) in [6.07, 6.45) is 0. The molecule has 0 saturated heterocycles. The van der Waals surface area contributed by atoms with Gasteiger partial charge in [-0.05, 0) is 51.8 Å². The van der Waals surface area contributed by atoms with Crippen LogP contribution in [0.25, 0.3) is 0 Å². The molecule has 0 fully saturated rings. The first kappa shape index (κ1) is 13.9. The monoisotopic (exact) mass is 338 g/mol. The molecule has 98 valence electrons. The Labute approximate surface area is 124 Å². The number of nitrogens with two attached hydrogens (primary N) is 1. The van der Waals surface area contributed by atoms with E-state index in [-0.39, 0.29) is 0 Å². The second-order valence-corrected chi connectivity index (χ2v) is 5.31. The first-order valence-corrected chi connectivity index (χ1v) is 6.81. The predicted octanol–water partition coefficient (Wildman–Crippen LogP) is 3.81. The van der Waals surface area contributed by atoms with E-state index >= 15 is 0 Å². The van der Waals surface area contributed by atoms with Gasteiger partial charge >= 0.3 is 0 Å². The molecule has 0 unspecified atom stereocenters. The minimum absolute atomic E-state index is 0.423. The molecule has 0 aromatic heterocycles. The van der Waals surface area contributed by atoms with Crippen LogP contribution in [0.3, 0.4) is 0 Å². The average Bonchev–Trinajstić information content (AvgIpc) is 2.40. The van der Waals surface area contributed by atoms with Crippen LogP contribution in [-0.2, 0) is 6.54 Å². The third-order valence-corrected chi connectivity index (χ3v) is 3.86. The van der Waals surface area contributed by atoms with Gasteiger partial charge in [0.15, 0.2) is 0 Å². The van der Waals surface area contributed by atoms with Crippen LogP contribution in [0.4, 0.5) is 5.69 Å². The number of amides is 1. The Hall–Kier alpha value is -1.52. The zero-order valence-electron chi connectivity index (χ0n) is 9.99. The summed E-state index contributed by atoms with van der Waals surface area (Å²) in [5.74, 6) is -0.423. The summed E-state index contributed by atoms with van der Waals surface area (Å²) in [5.41, 5.74) is 7.65. The number of carbonyl (C=O) groups excluding carboxylic acids is 1. The van der Waals surface area contributed by atoms with Crippen molar-refractivity contribution in [1.29, 1.82) is 0 Å². The Balaban J connectivity index is 2.07. The summed E-state index contributed by atoms with van der Waals surface area (Å²) < 4.78 is 0.857. The Morgan fingerprint density at radius 1 is 1.26 bits per heavy atom. The van der Waals surface area contributed by atoms with Gasteiger partial charge in [-0.1, -0.05) is 23.7 Å². The Morgan fingerprint density at radius 2 is 2.05 bits per heavy atom. The second-order valence-electron chi connectivity index (χ2n) is 4.05. The Kier molecular flexibility index (Phi) is 4.45. The summed E-state index contributed by atoms with van der Waals surface area (Å²) in [6, 6.07) is 12.9. The van der Waals surface area contributed by atoms with Gasteiger partial charge in [0.1, 0.15) is 0 Å². The summed E-state index contributed by atoms with van der Waals surface area (Å²) in [6.45, 7) is 0.596. The zero-order chi connectivity index (χ0) is 13.8. The van der Waals surface area contributed by atoms with Crippen LogP contribution in [0, 0.1) is 0 Å². The van der Waals surface area contributed by atoms with E-state index in [2.05, 4.69) is 21.2 Å². The number of anilines is 1. The highest BCUT2D eigenvalue weighted by molar-refractivity contribution is 9.10. The predicted molar refractivity (Wildman–Crippen MR) is 81.4 cm³/mol. The summed E-state index contributed by atoms with van der Waals surface area (Å²) >= 11 is 9.35. The fourth-order valence-corrected chi connectivity index (χ4v) is 2.07. The second kappa shape index (κ2) is 6.08. The molecule has 0 radical (unpaired) electrons. The summed E-state index contributed by atoms with van der Waals surface area (Å²) in [5, 5.41) is 3.89. The van der Waals surface area contributed by atoms with E-state index in [0.29, 0.717) is 17.1 Å². The minimum Gasteiger partial charge on any atom is -0.381 e. The largest absolute Gasteiger partial charge is 0.381 e. The third-order valence-electron chi connectivity index (χ3n) is 2.63. The molecule has 0 aliphatic rings. The van der Waals surface area contributed by atoms with Gasteiger partial charge in [-0.2, -0.15) is 0 Å².